The maximum Gasteiger partial charge on any atom is 0.232 e. The highest BCUT2D eigenvalue weighted by Crippen LogP contribution is 2.34. The Balaban J connectivity index is 1.65. The second-order valence-corrected chi connectivity index (χ2v) is 7.41. The molecule has 2 aliphatic heterocycles. The third kappa shape index (κ3) is 4.00. The molecule has 0 bridgehead atoms. The Morgan fingerprint density at radius 1 is 1.22 bits per heavy atom. The number of carbonyl (C=O) groups is 1. The summed E-state index contributed by atoms with van der Waals surface area (Å²) in [7, 11) is 0. The number of aromatic nitrogens is 1. The monoisotopic (exact) mass is 369 g/mol. The van der Waals surface area contributed by atoms with Crippen LogP contribution in [-0.2, 0) is 16.1 Å². The number of amides is 1. The standard InChI is InChI=1S/C21H27N3O3/c1-16(25)24(14-18-10-7-13-26-18)15-19-20(17-8-3-2-4-9-17)22-27-21(19)23-11-5-6-12-23/h2-4,8-9,18H,5-7,10-15H2,1H3. The molecule has 3 heterocycles. The molecule has 0 radical (unpaired) electrons. The fourth-order valence-corrected chi connectivity index (χ4v) is 3.96. The van der Waals surface area contributed by atoms with Gasteiger partial charge < -0.3 is 19.1 Å². The Hall–Kier alpha value is -2.34. The van der Waals surface area contributed by atoms with E-state index in [9.17, 15) is 4.79 Å². The summed E-state index contributed by atoms with van der Waals surface area (Å²) in [5.41, 5.74) is 2.84. The molecule has 2 aliphatic rings. The van der Waals surface area contributed by atoms with Crippen molar-refractivity contribution in [2.24, 2.45) is 0 Å². The van der Waals surface area contributed by atoms with E-state index in [1.165, 1.54) is 0 Å². The number of ether oxygens (including phenoxy) is 1. The Morgan fingerprint density at radius 3 is 2.67 bits per heavy atom. The molecule has 0 N–H and O–H groups in total. The van der Waals surface area contributed by atoms with E-state index in [0.29, 0.717) is 13.1 Å². The summed E-state index contributed by atoms with van der Waals surface area (Å²) in [4.78, 5) is 16.5. The van der Waals surface area contributed by atoms with Crippen molar-refractivity contribution in [1.82, 2.24) is 10.1 Å². The summed E-state index contributed by atoms with van der Waals surface area (Å²) in [6.07, 6.45) is 4.53. The van der Waals surface area contributed by atoms with Gasteiger partial charge in [-0.05, 0) is 25.7 Å². The van der Waals surface area contributed by atoms with Gasteiger partial charge in [-0.2, -0.15) is 0 Å². The Bertz CT molecular complexity index is 762. The third-order valence-electron chi connectivity index (χ3n) is 5.45. The van der Waals surface area contributed by atoms with Crippen molar-refractivity contribution in [2.75, 3.05) is 31.1 Å². The molecule has 0 aliphatic carbocycles. The first-order valence-electron chi connectivity index (χ1n) is 9.88. The predicted octanol–water partition coefficient (Wildman–Crippen LogP) is 3.47. The predicted molar refractivity (Wildman–Crippen MR) is 103 cm³/mol. The van der Waals surface area contributed by atoms with Crippen molar-refractivity contribution in [2.45, 2.75) is 45.3 Å². The quantitative estimate of drug-likeness (QED) is 0.780. The second kappa shape index (κ2) is 8.13. The van der Waals surface area contributed by atoms with Gasteiger partial charge in [0, 0.05) is 38.7 Å². The van der Waals surface area contributed by atoms with Gasteiger partial charge in [-0.15, -0.1) is 0 Å². The van der Waals surface area contributed by atoms with Crippen LogP contribution in [0.4, 0.5) is 5.88 Å². The van der Waals surface area contributed by atoms with E-state index >= 15 is 0 Å². The van der Waals surface area contributed by atoms with Crippen LogP contribution in [0.25, 0.3) is 11.3 Å². The van der Waals surface area contributed by atoms with E-state index in [-0.39, 0.29) is 12.0 Å². The van der Waals surface area contributed by atoms with Crippen molar-refractivity contribution >= 4 is 11.8 Å². The van der Waals surface area contributed by atoms with E-state index in [2.05, 4.69) is 10.1 Å². The molecule has 2 fully saturated rings. The first-order valence-corrected chi connectivity index (χ1v) is 9.88. The summed E-state index contributed by atoms with van der Waals surface area (Å²) >= 11 is 0. The summed E-state index contributed by atoms with van der Waals surface area (Å²) in [6.45, 7) is 5.48. The molecule has 1 amide bonds. The summed E-state index contributed by atoms with van der Waals surface area (Å²) < 4.78 is 11.5. The van der Waals surface area contributed by atoms with Crippen LogP contribution in [-0.4, -0.2) is 48.3 Å². The van der Waals surface area contributed by atoms with Crippen molar-refractivity contribution < 1.29 is 14.1 Å². The summed E-state index contributed by atoms with van der Waals surface area (Å²) in [5.74, 6) is 0.864. The van der Waals surface area contributed by atoms with Gasteiger partial charge in [0.05, 0.1) is 18.2 Å². The average molecular weight is 369 g/mol. The lowest BCUT2D eigenvalue weighted by Gasteiger charge is -2.25. The highest BCUT2D eigenvalue weighted by Gasteiger charge is 2.28. The lowest BCUT2D eigenvalue weighted by atomic mass is 10.1. The molecule has 6 heteroatoms. The van der Waals surface area contributed by atoms with Gasteiger partial charge in [-0.25, -0.2) is 0 Å². The van der Waals surface area contributed by atoms with E-state index in [0.717, 1.165) is 68.1 Å². The van der Waals surface area contributed by atoms with Crippen molar-refractivity contribution in [1.29, 1.82) is 0 Å². The lowest BCUT2D eigenvalue weighted by molar-refractivity contribution is -0.131. The molecule has 4 rings (SSSR count). The van der Waals surface area contributed by atoms with E-state index in [1.807, 2.05) is 35.2 Å². The van der Waals surface area contributed by atoms with Crippen molar-refractivity contribution in [3.05, 3.63) is 35.9 Å². The molecule has 0 spiro atoms. The number of benzene rings is 1. The smallest absolute Gasteiger partial charge is 0.232 e. The van der Waals surface area contributed by atoms with Gasteiger partial charge in [0.2, 0.25) is 11.8 Å². The molecule has 1 unspecified atom stereocenters. The largest absolute Gasteiger partial charge is 0.376 e. The fraction of sp³-hybridized carbons (Fsp3) is 0.524. The Labute approximate surface area is 160 Å². The molecule has 27 heavy (non-hydrogen) atoms. The average Bonchev–Trinajstić information content (AvgIpc) is 3.43. The molecule has 1 atom stereocenters. The zero-order valence-electron chi connectivity index (χ0n) is 15.9. The van der Waals surface area contributed by atoms with Gasteiger partial charge in [-0.1, -0.05) is 35.5 Å². The highest BCUT2D eigenvalue weighted by atomic mass is 16.5. The van der Waals surface area contributed by atoms with Crippen LogP contribution < -0.4 is 4.90 Å². The number of carbonyl (C=O) groups excluding carboxylic acids is 1. The Kier molecular flexibility index (Phi) is 5.43. The highest BCUT2D eigenvalue weighted by molar-refractivity contribution is 5.75. The molecule has 1 aromatic heterocycles. The van der Waals surface area contributed by atoms with E-state index in [4.69, 9.17) is 9.26 Å². The van der Waals surface area contributed by atoms with E-state index < -0.39 is 0 Å². The van der Waals surface area contributed by atoms with Crippen LogP contribution in [0, 0.1) is 0 Å². The number of hydrogen-bond acceptors (Lipinski definition) is 5. The van der Waals surface area contributed by atoms with Crippen LogP contribution in [0.1, 0.15) is 38.2 Å². The van der Waals surface area contributed by atoms with Gasteiger partial charge in [0.1, 0.15) is 5.69 Å². The fourth-order valence-electron chi connectivity index (χ4n) is 3.96. The molecule has 144 valence electrons. The second-order valence-electron chi connectivity index (χ2n) is 7.41. The van der Waals surface area contributed by atoms with Crippen molar-refractivity contribution in [3.8, 4) is 11.3 Å². The molecule has 6 nitrogen and oxygen atoms in total. The van der Waals surface area contributed by atoms with Crippen LogP contribution in [0.15, 0.2) is 34.9 Å². The number of hydrogen-bond donors (Lipinski definition) is 0. The lowest BCUT2D eigenvalue weighted by Crippen LogP contribution is -2.35. The zero-order valence-corrected chi connectivity index (χ0v) is 15.9. The maximum atomic E-state index is 12.3. The SMILES string of the molecule is CC(=O)N(Cc1c(-c2ccccc2)noc1N1CCCC1)CC1CCCO1. The van der Waals surface area contributed by atoms with Gasteiger partial charge >= 0.3 is 0 Å². The first kappa shape index (κ1) is 18.0. The molecule has 1 aromatic carbocycles. The normalized spacial score (nSPS) is 19.6. The molecule has 0 saturated carbocycles. The molecule has 2 saturated heterocycles. The maximum absolute atomic E-state index is 12.3. The van der Waals surface area contributed by atoms with Gasteiger partial charge in [0.25, 0.3) is 0 Å². The minimum atomic E-state index is 0.0538. The minimum absolute atomic E-state index is 0.0538. The number of anilines is 1. The van der Waals surface area contributed by atoms with E-state index in [1.54, 1.807) is 6.92 Å². The topological polar surface area (TPSA) is 58.8 Å². The number of nitrogens with zero attached hydrogens (tertiary/aromatic N) is 3. The first-order chi connectivity index (χ1) is 13.2. The van der Waals surface area contributed by atoms with Crippen LogP contribution in [0.3, 0.4) is 0 Å². The van der Waals surface area contributed by atoms with Crippen molar-refractivity contribution in [3.63, 3.8) is 0 Å². The minimum Gasteiger partial charge on any atom is -0.376 e. The van der Waals surface area contributed by atoms with Crippen LogP contribution in [0.5, 0.6) is 0 Å². The zero-order chi connectivity index (χ0) is 18.6. The van der Waals surface area contributed by atoms with Crippen LogP contribution >= 0.6 is 0 Å². The molecule has 2 aromatic rings. The summed E-state index contributed by atoms with van der Waals surface area (Å²) in [5, 5.41) is 4.39. The van der Waals surface area contributed by atoms with Gasteiger partial charge in [-0.3, -0.25) is 4.79 Å². The summed E-state index contributed by atoms with van der Waals surface area (Å²) in [6, 6.07) is 10.1. The Morgan fingerprint density at radius 2 is 2.00 bits per heavy atom. The molecular weight excluding hydrogens is 342 g/mol. The number of rotatable bonds is 6. The van der Waals surface area contributed by atoms with Crippen LogP contribution in [0.2, 0.25) is 0 Å². The van der Waals surface area contributed by atoms with Gasteiger partial charge in [0.15, 0.2) is 0 Å². The molecular formula is C21H27N3O3. The third-order valence-corrected chi connectivity index (χ3v) is 5.45.